The normalized spacial score (nSPS) is 17.1. The Bertz CT molecular complexity index is 528. The molecule has 0 spiro atoms. The number of hydrogen-bond acceptors (Lipinski definition) is 3. The van der Waals surface area contributed by atoms with Crippen molar-refractivity contribution in [2.75, 3.05) is 46.5 Å². The van der Waals surface area contributed by atoms with Gasteiger partial charge in [0, 0.05) is 46.5 Å². The maximum atomic E-state index is 5.97. The van der Waals surface area contributed by atoms with E-state index in [4.69, 9.17) is 14.5 Å². The quantitative estimate of drug-likeness (QED) is 0.385. The Morgan fingerprint density at radius 1 is 1.22 bits per heavy atom. The van der Waals surface area contributed by atoms with E-state index in [0.717, 1.165) is 71.0 Å². The molecule has 1 fully saturated rings. The van der Waals surface area contributed by atoms with Crippen molar-refractivity contribution >= 4 is 5.96 Å². The number of nitrogens with zero attached hydrogens (tertiary/aromatic N) is 2. The predicted molar refractivity (Wildman–Crippen MR) is 112 cm³/mol. The van der Waals surface area contributed by atoms with Crippen molar-refractivity contribution in [3.63, 3.8) is 0 Å². The fraction of sp³-hybridized carbons (Fsp3) is 0.682. The molecule has 1 aromatic carbocycles. The van der Waals surface area contributed by atoms with Crippen LogP contribution in [0.15, 0.2) is 35.3 Å². The van der Waals surface area contributed by atoms with Crippen molar-refractivity contribution in [2.24, 2.45) is 4.99 Å². The molecule has 152 valence electrons. The molecule has 0 aromatic heterocycles. The first-order valence-corrected chi connectivity index (χ1v) is 10.4. The zero-order valence-electron chi connectivity index (χ0n) is 17.3. The van der Waals surface area contributed by atoms with E-state index in [1.165, 1.54) is 5.56 Å². The maximum absolute atomic E-state index is 5.97. The highest BCUT2D eigenvalue weighted by Crippen LogP contribution is 2.19. The molecule has 1 aliphatic rings. The number of methoxy groups -OCH3 is 1. The number of likely N-dealkylation sites (tertiary alicyclic amines) is 1. The summed E-state index contributed by atoms with van der Waals surface area (Å²) >= 11 is 0. The van der Waals surface area contributed by atoms with Gasteiger partial charge in [0.25, 0.3) is 0 Å². The number of benzene rings is 1. The van der Waals surface area contributed by atoms with Crippen LogP contribution in [-0.2, 0) is 9.47 Å². The highest BCUT2D eigenvalue weighted by molar-refractivity contribution is 5.80. The van der Waals surface area contributed by atoms with Crippen LogP contribution in [0, 0.1) is 0 Å². The highest BCUT2D eigenvalue weighted by atomic mass is 16.5. The summed E-state index contributed by atoms with van der Waals surface area (Å²) in [5, 5.41) is 3.46. The van der Waals surface area contributed by atoms with E-state index in [1.54, 1.807) is 7.11 Å². The Hall–Kier alpha value is -1.59. The third kappa shape index (κ3) is 7.89. The number of piperidine rings is 1. The van der Waals surface area contributed by atoms with Gasteiger partial charge in [-0.3, -0.25) is 4.99 Å². The van der Waals surface area contributed by atoms with Gasteiger partial charge in [-0.05, 0) is 44.1 Å². The van der Waals surface area contributed by atoms with E-state index in [2.05, 4.69) is 54.4 Å². The molecule has 0 amide bonds. The van der Waals surface area contributed by atoms with Crippen LogP contribution in [-0.4, -0.2) is 63.5 Å². The Balaban J connectivity index is 1.76. The molecule has 2 rings (SSSR count). The second-order valence-corrected chi connectivity index (χ2v) is 7.24. The lowest BCUT2D eigenvalue weighted by Gasteiger charge is -2.34. The fourth-order valence-corrected chi connectivity index (χ4v) is 3.43. The number of guanidine groups is 1. The van der Waals surface area contributed by atoms with Gasteiger partial charge in [-0.15, -0.1) is 0 Å². The Morgan fingerprint density at radius 2 is 1.96 bits per heavy atom. The molecule has 1 unspecified atom stereocenters. The molecule has 1 saturated heterocycles. The van der Waals surface area contributed by atoms with Gasteiger partial charge in [-0.25, -0.2) is 0 Å². The molecule has 1 N–H and O–H groups in total. The summed E-state index contributed by atoms with van der Waals surface area (Å²) in [4.78, 5) is 7.27. The van der Waals surface area contributed by atoms with Gasteiger partial charge >= 0.3 is 0 Å². The zero-order chi connectivity index (χ0) is 19.3. The van der Waals surface area contributed by atoms with Crippen LogP contribution in [0.2, 0.25) is 0 Å². The monoisotopic (exact) mass is 375 g/mol. The smallest absolute Gasteiger partial charge is 0.193 e. The molecular formula is C22H37N3O2. The lowest BCUT2D eigenvalue weighted by atomic mass is 9.98. The average Bonchev–Trinajstić information content (AvgIpc) is 2.71. The van der Waals surface area contributed by atoms with Gasteiger partial charge in [0.2, 0.25) is 0 Å². The second-order valence-electron chi connectivity index (χ2n) is 7.24. The van der Waals surface area contributed by atoms with Gasteiger partial charge in [0.1, 0.15) is 0 Å². The van der Waals surface area contributed by atoms with Crippen LogP contribution in [0.4, 0.5) is 0 Å². The maximum Gasteiger partial charge on any atom is 0.193 e. The first-order chi connectivity index (χ1) is 13.2. The van der Waals surface area contributed by atoms with Crippen molar-refractivity contribution in [2.45, 2.75) is 51.6 Å². The van der Waals surface area contributed by atoms with Gasteiger partial charge in [0.05, 0.1) is 6.10 Å². The first-order valence-electron chi connectivity index (χ1n) is 10.4. The Labute approximate surface area is 165 Å². The Morgan fingerprint density at radius 3 is 2.63 bits per heavy atom. The van der Waals surface area contributed by atoms with Gasteiger partial charge < -0.3 is 19.7 Å². The molecule has 27 heavy (non-hydrogen) atoms. The number of hydrogen-bond donors (Lipinski definition) is 1. The van der Waals surface area contributed by atoms with E-state index >= 15 is 0 Å². The minimum atomic E-state index is 0.374. The van der Waals surface area contributed by atoms with Crippen LogP contribution in [0.3, 0.4) is 0 Å². The van der Waals surface area contributed by atoms with Crippen LogP contribution in [0.5, 0.6) is 0 Å². The summed E-state index contributed by atoms with van der Waals surface area (Å²) in [6.07, 6.45) is 4.55. The lowest BCUT2D eigenvalue weighted by Crippen LogP contribution is -2.47. The Kier molecular flexibility index (Phi) is 10.2. The molecule has 5 heteroatoms. The van der Waals surface area contributed by atoms with Crippen molar-refractivity contribution in [1.82, 2.24) is 10.2 Å². The zero-order valence-corrected chi connectivity index (χ0v) is 17.3. The van der Waals surface area contributed by atoms with E-state index < -0.39 is 0 Å². The SMILES string of the molecule is CCNC(=NCCC(C)c1ccccc1)N1CCC(OCCCOC)CC1. The first kappa shape index (κ1) is 21.7. The standard InChI is InChI=1S/C22H37N3O2/c1-4-23-22(24-14-11-19(2)20-9-6-5-7-10-20)25-15-12-21(13-16-25)27-18-8-17-26-3/h5-7,9-10,19,21H,4,8,11-18H2,1-3H3,(H,23,24). The molecule has 0 bridgehead atoms. The molecular weight excluding hydrogens is 338 g/mol. The minimum Gasteiger partial charge on any atom is -0.385 e. The second kappa shape index (κ2) is 12.7. The fourth-order valence-electron chi connectivity index (χ4n) is 3.43. The van der Waals surface area contributed by atoms with Gasteiger partial charge in [-0.1, -0.05) is 37.3 Å². The third-order valence-corrected chi connectivity index (χ3v) is 5.12. The molecule has 5 nitrogen and oxygen atoms in total. The lowest BCUT2D eigenvalue weighted by molar-refractivity contribution is 0.00990. The van der Waals surface area contributed by atoms with Crippen LogP contribution < -0.4 is 5.32 Å². The molecule has 1 aromatic rings. The number of aliphatic imine (C=N–C) groups is 1. The molecule has 1 heterocycles. The summed E-state index contributed by atoms with van der Waals surface area (Å²) in [6.45, 7) is 9.76. The average molecular weight is 376 g/mol. The summed E-state index contributed by atoms with van der Waals surface area (Å²) in [6, 6.07) is 10.7. The summed E-state index contributed by atoms with van der Waals surface area (Å²) in [7, 11) is 1.74. The van der Waals surface area contributed by atoms with E-state index in [1.807, 2.05) is 0 Å². The third-order valence-electron chi connectivity index (χ3n) is 5.12. The molecule has 0 saturated carbocycles. The van der Waals surface area contributed by atoms with Crippen LogP contribution >= 0.6 is 0 Å². The molecule has 1 aliphatic heterocycles. The van der Waals surface area contributed by atoms with E-state index in [0.29, 0.717) is 12.0 Å². The van der Waals surface area contributed by atoms with Crippen molar-refractivity contribution in [3.8, 4) is 0 Å². The van der Waals surface area contributed by atoms with Crippen LogP contribution in [0.25, 0.3) is 0 Å². The van der Waals surface area contributed by atoms with Gasteiger partial charge in [-0.2, -0.15) is 0 Å². The molecule has 0 radical (unpaired) electrons. The largest absolute Gasteiger partial charge is 0.385 e. The summed E-state index contributed by atoms with van der Waals surface area (Å²) in [5.41, 5.74) is 1.39. The van der Waals surface area contributed by atoms with Crippen molar-refractivity contribution in [3.05, 3.63) is 35.9 Å². The topological polar surface area (TPSA) is 46.1 Å². The summed E-state index contributed by atoms with van der Waals surface area (Å²) in [5.74, 6) is 1.58. The van der Waals surface area contributed by atoms with Crippen LogP contribution in [0.1, 0.15) is 51.0 Å². The predicted octanol–water partition coefficient (Wildman–Crippen LogP) is 3.66. The highest BCUT2D eigenvalue weighted by Gasteiger charge is 2.21. The van der Waals surface area contributed by atoms with E-state index in [-0.39, 0.29) is 0 Å². The summed E-state index contributed by atoms with van der Waals surface area (Å²) < 4.78 is 11.0. The van der Waals surface area contributed by atoms with Gasteiger partial charge in [0.15, 0.2) is 5.96 Å². The molecule has 1 atom stereocenters. The molecule has 0 aliphatic carbocycles. The number of rotatable bonds is 10. The minimum absolute atomic E-state index is 0.374. The van der Waals surface area contributed by atoms with Crippen molar-refractivity contribution < 1.29 is 9.47 Å². The van der Waals surface area contributed by atoms with E-state index in [9.17, 15) is 0 Å². The number of nitrogens with one attached hydrogen (secondary N) is 1. The van der Waals surface area contributed by atoms with Crippen molar-refractivity contribution in [1.29, 1.82) is 0 Å². The number of ether oxygens (including phenoxy) is 2.